The lowest BCUT2D eigenvalue weighted by atomic mass is 10.0. The molecule has 4 rings (SSSR count). The van der Waals surface area contributed by atoms with Crippen molar-refractivity contribution in [2.45, 2.75) is 25.7 Å². The second kappa shape index (κ2) is 8.20. The fourth-order valence-electron chi connectivity index (χ4n) is 3.74. The zero-order chi connectivity index (χ0) is 20.4. The van der Waals surface area contributed by atoms with Gasteiger partial charge in [-0.05, 0) is 73.6 Å². The molecule has 0 saturated carbocycles. The monoisotopic (exact) mass is 421 g/mol. The van der Waals surface area contributed by atoms with Gasteiger partial charge >= 0.3 is 11.8 Å². The highest BCUT2D eigenvalue weighted by atomic mass is 32.2. The zero-order valence-electron chi connectivity index (χ0n) is 16.1. The van der Waals surface area contributed by atoms with Crippen molar-refractivity contribution in [3.63, 3.8) is 0 Å². The molecule has 2 aliphatic heterocycles. The molecular weight excluding hydrogens is 398 g/mol. The van der Waals surface area contributed by atoms with Crippen LogP contribution in [0.4, 0.5) is 14.5 Å². The van der Waals surface area contributed by atoms with Crippen molar-refractivity contribution in [3.8, 4) is 11.5 Å². The normalized spacial score (nSPS) is 21.5. The van der Waals surface area contributed by atoms with Crippen LogP contribution in [0.15, 0.2) is 48.5 Å². The smallest absolute Gasteiger partial charge is 0.387 e. The molecule has 2 aromatic rings. The molecule has 0 spiro atoms. The number of ether oxygens (including phenoxy) is 2. The molecule has 1 atom stereocenters. The summed E-state index contributed by atoms with van der Waals surface area (Å²) in [5.74, 6) is 1.86. The fourth-order valence-corrected chi connectivity index (χ4v) is 4.92. The first-order valence-electron chi connectivity index (χ1n) is 9.57. The summed E-state index contributed by atoms with van der Waals surface area (Å²) < 4.78 is 36.8. The van der Waals surface area contributed by atoms with E-state index in [9.17, 15) is 13.9 Å². The maximum absolute atomic E-state index is 12.4. The Morgan fingerprint density at radius 1 is 1.14 bits per heavy atom. The van der Waals surface area contributed by atoms with Gasteiger partial charge in [-0.1, -0.05) is 0 Å². The number of rotatable bonds is 6. The number of β-amino-alcohol motifs (C(OH)–C–C–N with tert-alkyl or cyclic N) is 1. The summed E-state index contributed by atoms with van der Waals surface area (Å²) >= 11 is 1.71. The molecule has 2 heterocycles. The van der Waals surface area contributed by atoms with Crippen LogP contribution in [0, 0.1) is 0 Å². The van der Waals surface area contributed by atoms with Crippen molar-refractivity contribution in [2.75, 3.05) is 30.3 Å². The summed E-state index contributed by atoms with van der Waals surface area (Å²) in [6.45, 7) is 0.747. The van der Waals surface area contributed by atoms with E-state index in [1.54, 1.807) is 23.9 Å². The molecule has 154 valence electrons. The Morgan fingerprint density at radius 3 is 2.48 bits per heavy atom. The summed E-state index contributed by atoms with van der Waals surface area (Å²) in [7, 11) is 0. The maximum atomic E-state index is 12.4. The highest BCUT2D eigenvalue weighted by Gasteiger charge is 2.53. The first kappa shape index (κ1) is 20.0. The van der Waals surface area contributed by atoms with Crippen LogP contribution in [-0.2, 0) is 5.72 Å². The minimum absolute atomic E-state index is 0.0749. The number of hydrogen-bond acceptors (Lipinski definition) is 5. The van der Waals surface area contributed by atoms with Gasteiger partial charge in [0.25, 0.3) is 5.72 Å². The number of anilines is 1. The lowest BCUT2D eigenvalue weighted by Crippen LogP contribution is -2.41. The van der Waals surface area contributed by atoms with Gasteiger partial charge in [0.1, 0.15) is 17.2 Å². The molecule has 0 saturated heterocycles. The van der Waals surface area contributed by atoms with Crippen LogP contribution >= 0.6 is 11.8 Å². The lowest BCUT2D eigenvalue weighted by Gasteiger charge is -2.24. The minimum atomic E-state index is -2.87. The number of thioether (sulfide) groups is 1. The van der Waals surface area contributed by atoms with Crippen molar-refractivity contribution in [1.29, 1.82) is 0 Å². The Morgan fingerprint density at radius 2 is 1.83 bits per heavy atom. The Kier molecular flexibility index (Phi) is 5.65. The zero-order valence-corrected chi connectivity index (χ0v) is 16.9. The molecule has 5 nitrogen and oxygen atoms in total. The number of nitrogens with zero attached hydrogens (tertiary/aromatic N) is 2. The topological polar surface area (TPSA) is 44.9 Å². The van der Waals surface area contributed by atoms with E-state index < -0.39 is 12.3 Å². The molecule has 0 aliphatic carbocycles. The highest BCUT2D eigenvalue weighted by molar-refractivity contribution is 8.13. The largest absolute Gasteiger partial charge is 0.494 e. The second-order valence-corrected chi connectivity index (χ2v) is 7.93. The van der Waals surface area contributed by atoms with Gasteiger partial charge in [0, 0.05) is 11.3 Å². The van der Waals surface area contributed by atoms with Crippen molar-refractivity contribution in [2.24, 2.45) is 0 Å². The van der Waals surface area contributed by atoms with Crippen LogP contribution < -0.4 is 14.4 Å². The Balaban J connectivity index is 1.65. The van der Waals surface area contributed by atoms with Gasteiger partial charge in [0.05, 0.1) is 13.2 Å². The van der Waals surface area contributed by atoms with E-state index in [-0.39, 0.29) is 5.75 Å². The quantitative estimate of drug-likeness (QED) is 0.718. The van der Waals surface area contributed by atoms with Crippen molar-refractivity contribution < 1.29 is 27.9 Å². The van der Waals surface area contributed by atoms with Crippen molar-refractivity contribution in [1.82, 2.24) is 0 Å². The van der Waals surface area contributed by atoms with E-state index in [2.05, 4.69) is 9.64 Å². The fraction of sp³-hybridized carbons (Fsp3) is 0.381. The molecule has 2 aliphatic rings. The van der Waals surface area contributed by atoms with E-state index in [1.807, 2.05) is 35.8 Å². The standard InChI is InChI=1S/C21H23F2N2O3S/c1-2-27-17-10-6-16(7-11-17)24-14-21(26,25-12-3-13-29-20(24)25)15-4-8-18(9-5-15)28-19(22)23/h4-11,19,26H,2-3,12-14H2,1H3/q+1. The van der Waals surface area contributed by atoms with E-state index in [0.29, 0.717) is 18.7 Å². The number of alkyl halides is 2. The molecule has 1 N–H and O–H groups in total. The van der Waals surface area contributed by atoms with Crippen LogP contribution in [0.25, 0.3) is 0 Å². The van der Waals surface area contributed by atoms with E-state index in [0.717, 1.165) is 35.3 Å². The molecule has 0 amide bonds. The average Bonchev–Trinajstić information content (AvgIpc) is 3.03. The summed E-state index contributed by atoms with van der Waals surface area (Å²) in [5.41, 5.74) is 0.369. The third kappa shape index (κ3) is 3.91. The summed E-state index contributed by atoms with van der Waals surface area (Å²) in [6.07, 6.45) is 0.959. The summed E-state index contributed by atoms with van der Waals surface area (Å²) in [6, 6.07) is 14.0. The molecule has 0 radical (unpaired) electrons. The van der Waals surface area contributed by atoms with E-state index in [4.69, 9.17) is 4.74 Å². The Labute approximate surface area is 172 Å². The van der Waals surface area contributed by atoms with Crippen LogP contribution in [0.5, 0.6) is 11.5 Å². The number of aliphatic hydroxyl groups is 1. The molecule has 2 aromatic carbocycles. The van der Waals surface area contributed by atoms with Crippen LogP contribution in [-0.4, -0.2) is 46.9 Å². The first-order valence-corrected chi connectivity index (χ1v) is 10.6. The van der Waals surface area contributed by atoms with Gasteiger partial charge in [-0.15, -0.1) is 0 Å². The third-order valence-electron chi connectivity index (χ3n) is 5.05. The second-order valence-electron chi connectivity index (χ2n) is 6.87. The molecule has 0 aromatic heterocycles. The van der Waals surface area contributed by atoms with Gasteiger partial charge < -0.3 is 14.6 Å². The van der Waals surface area contributed by atoms with E-state index >= 15 is 0 Å². The van der Waals surface area contributed by atoms with Crippen LogP contribution in [0.2, 0.25) is 0 Å². The van der Waals surface area contributed by atoms with Gasteiger partial charge in [-0.2, -0.15) is 8.78 Å². The van der Waals surface area contributed by atoms with E-state index in [1.165, 1.54) is 12.1 Å². The first-order chi connectivity index (χ1) is 14.0. The Hall–Kier alpha value is -2.32. The number of halogens is 2. The van der Waals surface area contributed by atoms with Crippen LogP contribution in [0.3, 0.4) is 0 Å². The molecular formula is C21H23F2N2O3S+. The molecule has 8 heteroatoms. The number of amidine groups is 1. The van der Waals surface area contributed by atoms with Crippen LogP contribution in [0.1, 0.15) is 18.9 Å². The summed E-state index contributed by atoms with van der Waals surface area (Å²) in [4.78, 5) is 2.10. The van der Waals surface area contributed by atoms with Crippen molar-refractivity contribution >= 4 is 22.6 Å². The average molecular weight is 421 g/mol. The SMILES string of the molecule is CCOc1ccc(N2CC(O)(c3ccc(OC(F)F)cc3)[N+]3=C2SCCC3)cc1. The molecule has 1 unspecified atom stereocenters. The van der Waals surface area contributed by atoms with Gasteiger partial charge in [-0.25, -0.2) is 9.48 Å². The highest BCUT2D eigenvalue weighted by Crippen LogP contribution is 2.38. The number of hydrogen-bond donors (Lipinski definition) is 1. The van der Waals surface area contributed by atoms with Gasteiger partial charge in [0.15, 0.2) is 6.54 Å². The Bertz CT molecular complexity index is 890. The predicted molar refractivity (Wildman–Crippen MR) is 109 cm³/mol. The third-order valence-corrected chi connectivity index (χ3v) is 6.24. The van der Waals surface area contributed by atoms with Gasteiger partial charge in [-0.3, -0.25) is 0 Å². The minimum Gasteiger partial charge on any atom is -0.494 e. The number of benzene rings is 2. The van der Waals surface area contributed by atoms with Crippen molar-refractivity contribution in [3.05, 3.63) is 54.1 Å². The lowest BCUT2D eigenvalue weighted by molar-refractivity contribution is -0.656. The molecule has 0 bridgehead atoms. The predicted octanol–water partition coefficient (Wildman–Crippen LogP) is 3.86. The maximum Gasteiger partial charge on any atom is 0.387 e. The molecule has 0 fully saturated rings. The summed E-state index contributed by atoms with van der Waals surface area (Å²) in [5, 5.41) is 12.6. The molecule has 29 heavy (non-hydrogen) atoms. The van der Waals surface area contributed by atoms with Gasteiger partial charge in [0.2, 0.25) is 0 Å².